The Morgan fingerprint density at radius 2 is 2.15 bits per heavy atom. The van der Waals surface area contributed by atoms with E-state index in [9.17, 15) is 13.5 Å². The molecular formula is C18H18N4O4S. The van der Waals surface area contributed by atoms with Crippen LogP contribution in [0.5, 0.6) is 5.88 Å². The zero-order valence-corrected chi connectivity index (χ0v) is 15.5. The van der Waals surface area contributed by atoms with Crippen LogP contribution >= 0.6 is 0 Å². The molecule has 0 aliphatic heterocycles. The van der Waals surface area contributed by atoms with Crippen molar-refractivity contribution >= 4 is 26.6 Å². The third-order valence-electron chi connectivity index (χ3n) is 3.67. The van der Waals surface area contributed by atoms with E-state index in [1.54, 1.807) is 32.0 Å². The first kappa shape index (κ1) is 18.7. The molecule has 140 valence electrons. The molecule has 0 bridgehead atoms. The van der Waals surface area contributed by atoms with Crippen molar-refractivity contribution < 1.29 is 18.3 Å². The van der Waals surface area contributed by atoms with Crippen LogP contribution in [0, 0.1) is 11.3 Å². The summed E-state index contributed by atoms with van der Waals surface area (Å²) in [4.78, 5) is 6.84. The van der Waals surface area contributed by atoms with Gasteiger partial charge in [-0.25, -0.2) is 13.4 Å². The summed E-state index contributed by atoms with van der Waals surface area (Å²) in [7, 11) is -3.91. The molecule has 2 heterocycles. The van der Waals surface area contributed by atoms with E-state index in [0.29, 0.717) is 22.2 Å². The van der Waals surface area contributed by atoms with Crippen molar-refractivity contribution in [2.75, 3.05) is 11.3 Å². The predicted octanol–water partition coefficient (Wildman–Crippen LogP) is 2.39. The summed E-state index contributed by atoms with van der Waals surface area (Å²) in [5.41, 5.74) is 0.198. The van der Waals surface area contributed by atoms with Crippen molar-refractivity contribution in [2.45, 2.75) is 24.3 Å². The van der Waals surface area contributed by atoms with Crippen molar-refractivity contribution in [1.29, 1.82) is 5.26 Å². The van der Waals surface area contributed by atoms with Crippen molar-refractivity contribution in [3.63, 3.8) is 0 Å². The van der Waals surface area contributed by atoms with Gasteiger partial charge in [0.15, 0.2) is 0 Å². The van der Waals surface area contributed by atoms with Crippen LogP contribution in [0.4, 0.5) is 5.69 Å². The highest BCUT2D eigenvalue weighted by Crippen LogP contribution is 2.27. The number of nitrogens with zero attached hydrogens (tertiary/aromatic N) is 2. The molecule has 0 aliphatic carbocycles. The number of sulfonamides is 1. The molecule has 0 unspecified atom stereocenters. The summed E-state index contributed by atoms with van der Waals surface area (Å²) >= 11 is 0. The van der Waals surface area contributed by atoms with E-state index in [2.05, 4.69) is 20.8 Å². The highest BCUT2D eigenvalue weighted by Gasteiger charge is 2.19. The number of nitrogens with one attached hydrogen (secondary N) is 2. The van der Waals surface area contributed by atoms with E-state index < -0.39 is 15.6 Å². The fourth-order valence-electron chi connectivity index (χ4n) is 2.42. The molecule has 3 aromatic rings. The third-order valence-corrected chi connectivity index (χ3v) is 5.03. The Hall–Kier alpha value is -3.09. The maximum Gasteiger partial charge on any atom is 0.262 e. The first-order valence-corrected chi connectivity index (χ1v) is 9.52. The van der Waals surface area contributed by atoms with E-state index in [1.165, 1.54) is 24.5 Å². The van der Waals surface area contributed by atoms with Gasteiger partial charge >= 0.3 is 0 Å². The molecule has 0 atom stereocenters. The smallest absolute Gasteiger partial charge is 0.262 e. The number of rotatable bonds is 6. The minimum atomic E-state index is -3.91. The summed E-state index contributed by atoms with van der Waals surface area (Å²) < 4.78 is 33.4. The standard InChI is InChI=1S/C18H18N4O4S/c1-18(2,23)11-26-16-8-13(6-7-20-16)27(24,25)22-15-5-3-4-14-12(9-19)10-21-17(14)15/h3-8,10,21-23H,11H2,1-2H3. The van der Waals surface area contributed by atoms with Crippen molar-refractivity contribution in [3.05, 3.63) is 48.3 Å². The van der Waals surface area contributed by atoms with Gasteiger partial charge in [-0.05, 0) is 26.0 Å². The molecule has 0 saturated heterocycles. The zero-order valence-electron chi connectivity index (χ0n) is 14.7. The summed E-state index contributed by atoms with van der Waals surface area (Å²) in [6, 6.07) is 9.68. The topological polar surface area (TPSA) is 128 Å². The Kier molecular flexibility index (Phi) is 4.78. The number of aromatic nitrogens is 2. The summed E-state index contributed by atoms with van der Waals surface area (Å²) in [6.07, 6.45) is 2.84. The first-order valence-electron chi connectivity index (χ1n) is 8.04. The van der Waals surface area contributed by atoms with Crippen LogP contribution in [-0.4, -0.2) is 35.7 Å². The zero-order chi connectivity index (χ0) is 19.7. The molecule has 1 aromatic carbocycles. The van der Waals surface area contributed by atoms with E-state index >= 15 is 0 Å². The van der Waals surface area contributed by atoms with Crippen molar-refractivity contribution in [1.82, 2.24) is 9.97 Å². The lowest BCUT2D eigenvalue weighted by molar-refractivity contribution is 0.0267. The van der Waals surface area contributed by atoms with E-state index in [1.807, 2.05) is 0 Å². The van der Waals surface area contributed by atoms with Crippen LogP contribution in [0.2, 0.25) is 0 Å². The van der Waals surface area contributed by atoms with Gasteiger partial charge in [0.25, 0.3) is 10.0 Å². The Labute approximate surface area is 156 Å². The fraction of sp³-hybridized carbons (Fsp3) is 0.222. The van der Waals surface area contributed by atoms with Gasteiger partial charge < -0.3 is 14.8 Å². The lowest BCUT2D eigenvalue weighted by atomic mass is 10.2. The number of fused-ring (bicyclic) bond motifs is 1. The molecule has 3 N–H and O–H groups in total. The molecule has 0 radical (unpaired) electrons. The highest BCUT2D eigenvalue weighted by molar-refractivity contribution is 7.92. The van der Waals surface area contributed by atoms with Crippen LogP contribution in [0.25, 0.3) is 10.9 Å². The second kappa shape index (κ2) is 6.90. The minimum absolute atomic E-state index is 0.0321. The number of aromatic amines is 1. The van der Waals surface area contributed by atoms with Crippen LogP contribution < -0.4 is 9.46 Å². The number of aliphatic hydroxyl groups is 1. The van der Waals surface area contributed by atoms with Gasteiger partial charge in [0.05, 0.1) is 27.3 Å². The Morgan fingerprint density at radius 1 is 1.37 bits per heavy atom. The number of ether oxygens (including phenoxy) is 1. The molecule has 0 amide bonds. The average Bonchev–Trinajstić information content (AvgIpc) is 3.04. The van der Waals surface area contributed by atoms with Gasteiger partial charge in [-0.2, -0.15) is 5.26 Å². The Morgan fingerprint density at radius 3 is 2.85 bits per heavy atom. The number of nitriles is 1. The van der Waals surface area contributed by atoms with Crippen molar-refractivity contribution in [3.8, 4) is 11.9 Å². The summed E-state index contributed by atoms with van der Waals surface area (Å²) in [6.45, 7) is 3.11. The van der Waals surface area contributed by atoms with E-state index in [4.69, 9.17) is 10.00 Å². The number of pyridine rings is 1. The summed E-state index contributed by atoms with van der Waals surface area (Å²) in [5, 5.41) is 19.5. The average molecular weight is 386 g/mol. The van der Waals surface area contributed by atoms with Gasteiger partial charge in [-0.1, -0.05) is 12.1 Å². The number of H-pyrrole nitrogens is 1. The SMILES string of the molecule is CC(C)(O)COc1cc(S(=O)(=O)Nc2cccc3c(C#N)c[nH]c23)ccn1. The lowest BCUT2D eigenvalue weighted by Gasteiger charge is -2.17. The molecule has 2 aromatic heterocycles. The van der Waals surface area contributed by atoms with Gasteiger partial charge in [0.1, 0.15) is 12.7 Å². The molecule has 8 nitrogen and oxygen atoms in total. The molecular weight excluding hydrogens is 368 g/mol. The number of anilines is 1. The molecule has 0 aliphatic rings. The first-order chi connectivity index (χ1) is 12.7. The number of hydrogen-bond acceptors (Lipinski definition) is 6. The molecule has 0 fully saturated rings. The lowest BCUT2D eigenvalue weighted by Crippen LogP contribution is -2.28. The number of benzene rings is 1. The largest absolute Gasteiger partial charge is 0.475 e. The number of hydrogen-bond donors (Lipinski definition) is 3. The molecule has 27 heavy (non-hydrogen) atoms. The maximum absolute atomic E-state index is 12.8. The third kappa shape index (κ3) is 4.19. The van der Waals surface area contributed by atoms with Gasteiger partial charge in [-0.15, -0.1) is 0 Å². The van der Waals surface area contributed by atoms with Gasteiger partial charge in [-0.3, -0.25) is 4.72 Å². The van der Waals surface area contributed by atoms with Crippen LogP contribution in [0.1, 0.15) is 19.4 Å². The molecule has 9 heteroatoms. The second-order valence-corrected chi connectivity index (χ2v) is 8.26. The van der Waals surface area contributed by atoms with Crippen molar-refractivity contribution in [2.24, 2.45) is 0 Å². The van der Waals surface area contributed by atoms with E-state index in [-0.39, 0.29) is 17.4 Å². The Balaban J connectivity index is 1.90. The van der Waals surface area contributed by atoms with Gasteiger partial charge in [0, 0.05) is 23.8 Å². The second-order valence-electron chi connectivity index (χ2n) is 6.58. The molecule has 0 saturated carbocycles. The molecule has 0 spiro atoms. The van der Waals surface area contributed by atoms with Crippen LogP contribution in [0.3, 0.4) is 0 Å². The van der Waals surface area contributed by atoms with Gasteiger partial charge in [0.2, 0.25) is 5.88 Å². The maximum atomic E-state index is 12.8. The van der Waals surface area contributed by atoms with E-state index in [0.717, 1.165) is 0 Å². The quantitative estimate of drug-likeness (QED) is 0.597. The summed E-state index contributed by atoms with van der Waals surface area (Å²) in [5.74, 6) is 0.0878. The number of para-hydroxylation sites is 1. The highest BCUT2D eigenvalue weighted by atomic mass is 32.2. The van der Waals surface area contributed by atoms with Crippen LogP contribution in [-0.2, 0) is 10.0 Å². The monoisotopic (exact) mass is 386 g/mol. The normalized spacial score (nSPS) is 11.9. The predicted molar refractivity (Wildman–Crippen MR) is 99.9 cm³/mol. The Bertz CT molecular complexity index is 1120. The van der Waals surface area contributed by atoms with Crippen LogP contribution in [0.15, 0.2) is 47.6 Å². The fourth-order valence-corrected chi connectivity index (χ4v) is 3.50. The minimum Gasteiger partial charge on any atom is -0.475 e. The molecule has 3 rings (SSSR count).